The number of carbonyl (C=O) groups excluding carboxylic acids is 1. The second-order valence-electron chi connectivity index (χ2n) is 5.49. The Balaban J connectivity index is 2.28. The molecule has 1 aromatic rings. The maximum atomic E-state index is 11.5. The fraction of sp³-hybridized carbons (Fsp3) is 0.588. The number of aliphatic hydroxyl groups excluding tert-OH is 1. The molecule has 1 amide bonds. The van der Waals surface area contributed by atoms with E-state index in [4.69, 9.17) is 10.8 Å². The van der Waals surface area contributed by atoms with E-state index in [1.54, 1.807) is 0 Å². The summed E-state index contributed by atoms with van der Waals surface area (Å²) in [5.74, 6) is -0.360. The van der Waals surface area contributed by atoms with Crippen molar-refractivity contribution in [3.8, 4) is 0 Å². The zero-order valence-electron chi connectivity index (χ0n) is 13.0. The molecule has 1 rings (SSSR count). The van der Waals surface area contributed by atoms with E-state index in [1.165, 1.54) is 44.1 Å². The summed E-state index contributed by atoms with van der Waals surface area (Å²) in [6.45, 7) is 1.88. The van der Waals surface area contributed by atoms with Crippen LogP contribution in [0.2, 0.25) is 0 Å². The van der Waals surface area contributed by atoms with Gasteiger partial charge < -0.3 is 16.2 Å². The Morgan fingerprint density at radius 3 is 2.38 bits per heavy atom. The Morgan fingerprint density at radius 2 is 1.76 bits per heavy atom. The number of aryl methyl sites for hydroxylation is 1. The van der Waals surface area contributed by atoms with Crippen LogP contribution in [0.25, 0.3) is 0 Å². The summed E-state index contributed by atoms with van der Waals surface area (Å²) in [5, 5.41) is 11.5. The lowest BCUT2D eigenvalue weighted by atomic mass is 10.0. The van der Waals surface area contributed by atoms with Gasteiger partial charge in [0.25, 0.3) is 0 Å². The number of rotatable bonds is 10. The molecule has 0 radical (unpaired) electrons. The van der Waals surface area contributed by atoms with Gasteiger partial charge in [-0.15, -0.1) is 0 Å². The van der Waals surface area contributed by atoms with E-state index in [0.29, 0.717) is 0 Å². The first-order valence-corrected chi connectivity index (χ1v) is 7.93. The number of carbonyl (C=O) groups is 1. The van der Waals surface area contributed by atoms with Crippen molar-refractivity contribution in [3.05, 3.63) is 29.8 Å². The van der Waals surface area contributed by atoms with Crippen molar-refractivity contribution in [1.29, 1.82) is 0 Å². The van der Waals surface area contributed by atoms with Crippen LogP contribution in [0, 0.1) is 0 Å². The highest BCUT2D eigenvalue weighted by molar-refractivity contribution is 5.94. The molecule has 0 aliphatic rings. The molecule has 0 saturated carbocycles. The van der Waals surface area contributed by atoms with Gasteiger partial charge in [0.05, 0.1) is 6.61 Å². The maximum absolute atomic E-state index is 11.5. The standard InChI is InChI=1S/C17H28N2O2/c1-2-3-4-5-6-7-8-14-9-11-15(12-10-14)19-17(21)16(18)13-20/h9-12,16,20H,2-8,13,18H2,1H3,(H,19,21)/t16-/m1/s1. The second-order valence-corrected chi connectivity index (χ2v) is 5.49. The predicted octanol–water partition coefficient (Wildman–Crippen LogP) is 2.85. The van der Waals surface area contributed by atoms with E-state index in [2.05, 4.69) is 12.2 Å². The van der Waals surface area contributed by atoms with Gasteiger partial charge in [-0.25, -0.2) is 0 Å². The van der Waals surface area contributed by atoms with Crippen LogP contribution in [-0.2, 0) is 11.2 Å². The third-order valence-corrected chi connectivity index (χ3v) is 3.57. The molecule has 0 aliphatic heterocycles. The first-order valence-electron chi connectivity index (χ1n) is 7.93. The third-order valence-electron chi connectivity index (χ3n) is 3.57. The van der Waals surface area contributed by atoms with Gasteiger partial charge >= 0.3 is 0 Å². The first-order chi connectivity index (χ1) is 10.2. The lowest BCUT2D eigenvalue weighted by Gasteiger charge is -2.10. The number of anilines is 1. The number of benzene rings is 1. The van der Waals surface area contributed by atoms with Gasteiger partial charge in [0.1, 0.15) is 6.04 Å². The van der Waals surface area contributed by atoms with Crippen molar-refractivity contribution >= 4 is 11.6 Å². The zero-order valence-corrected chi connectivity index (χ0v) is 13.0. The van der Waals surface area contributed by atoms with Crippen LogP contribution in [0.15, 0.2) is 24.3 Å². The summed E-state index contributed by atoms with van der Waals surface area (Å²) in [4.78, 5) is 11.5. The normalized spacial score (nSPS) is 12.1. The highest BCUT2D eigenvalue weighted by atomic mass is 16.3. The van der Waals surface area contributed by atoms with Gasteiger partial charge in [-0.3, -0.25) is 4.79 Å². The van der Waals surface area contributed by atoms with Crippen LogP contribution in [0.4, 0.5) is 5.69 Å². The molecule has 21 heavy (non-hydrogen) atoms. The topological polar surface area (TPSA) is 75.4 Å². The molecule has 0 unspecified atom stereocenters. The summed E-state index contributed by atoms with van der Waals surface area (Å²) in [6, 6.07) is 6.97. The largest absolute Gasteiger partial charge is 0.394 e. The van der Waals surface area contributed by atoms with Crippen molar-refractivity contribution in [2.75, 3.05) is 11.9 Å². The van der Waals surface area contributed by atoms with Crippen LogP contribution in [0.3, 0.4) is 0 Å². The quantitative estimate of drug-likeness (QED) is 0.580. The SMILES string of the molecule is CCCCCCCCc1ccc(NC(=O)[C@H](N)CO)cc1. The maximum Gasteiger partial charge on any atom is 0.243 e. The summed E-state index contributed by atoms with van der Waals surface area (Å²) in [6.07, 6.45) is 8.86. The van der Waals surface area contributed by atoms with Gasteiger partial charge in [-0.05, 0) is 30.5 Å². The van der Waals surface area contributed by atoms with Crippen LogP contribution >= 0.6 is 0 Å². The van der Waals surface area contributed by atoms with Crippen molar-refractivity contribution < 1.29 is 9.90 Å². The Hall–Kier alpha value is -1.39. The first kappa shape index (κ1) is 17.7. The minimum absolute atomic E-state index is 0.345. The van der Waals surface area contributed by atoms with E-state index in [-0.39, 0.29) is 12.5 Å². The number of unbranched alkanes of at least 4 members (excludes halogenated alkanes) is 5. The van der Waals surface area contributed by atoms with Crippen molar-refractivity contribution in [2.24, 2.45) is 5.73 Å². The highest BCUT2D eigenvalue weighted by Gasteiger charge is 2.11. The van der Waals surface area contributed by atoms with Crippen LogP contribution < -0.4 is 11.1 Å². The minimum Gasteiger partial charge on any atom is -0.394 e. The molecule has 118 valence electrons. The van der Waals surface area contributed by atoms with Crippen LogP contribution in [0.1, 0.15) is 51.0 Å². The molecule has 1 atom stereocenters. The molecular formula is C17H28N2O2. The molecule has 4 heteroatoms. The molecule has 0 bridgehead atoms. The Morgan fingerprint density at radius 1 is 1.14 bits per heavy atom. The molecule has 0 aliphatic carbocycles. The molecule has 0 aromatic heterocycles. The predicted molar refractivity (Wildman–Crippen MR) is 87.2 cm³/mol. The van der Waals surface area contributed by atoms with Crippen molar-refractivity contribution in [1.82, 2.24) is 0 Å². The average Bonchev–Trinajstić information content (AvgIpc) is 2.51. The molecule has 0 spiro atoms. The average molecular weight is 292 g/mol. The molecule has 0 saturated heterocycles. The lowest BCUT2D eigenvalue weighted by Crippen LogP contribution is -2.38. The number of hydrogen-bond donors (Lipinski definition) is 3. The summed E-state index contributed by atoms with van der Waals surface area (Å²) >= 11 is 0. The number of nitrogens with two attached hydrogens (primary N) is 1. The second kappa shape index (κ2) is 10.4. The van der Waals surface area contributed by atoms with E-state index in [9.17, 15) is 4.79 Å². The zero-order chi connectivity index (χ0) is 15.5. The number of hydrogen-bond acceptors (Lipinski definition) is 3. The molecule has 0 fully saturated rings. The molecular weight excluding hydrogens is 264 g/mol. The highest BCUT2D eigenvalue weighted by Crippen LogP contribution is 2.13. The van der Waals surface area contributed by atoms with E-state index < -0.39 is 6.04 Å². The smallest absolute Gasteiger partial charge is 0.243 e. The number of nitrogens with one attached hydrogen (secondary N) is 1. The van der Waals surface area contributed by atoms with E-state index >= 15 is 0 Å². The van der Waals surface area contributed by atoms with Gasteiger partial charge in [0.15, 0.2) is 0 Å². The molecule has 0 heterocycles. The number of aliphatic hydroxyl groups is 1. The van der Waals surface area contributed by atoms with Gasteiger partial charge in [0.2, 0.25) is 5.91 Å². The third kappa shape index (κ3) is 7.25. The van der Waals surface area contributed by atoms with E-state index in [0.717, 1.165) is 12.1 Å². The van der Waals surface area contributed by atoms with Gasteiger partial charge in [-0.2, -0.15) is 0 Å². The molecule has 4 N–H and O–H groups in total. The van der Waals surface area contributed by atoms with Crippen LogP contribution in [0.5, 0.6) is 0 Å². The van der Waals surface area contributed by atoms with Gasteiger partial charge in [0, 0.05) is 5.69 Å². The fourth-order valence-corrected chi connectivity index (χ4v) is 2.18. The van der Waals surface area contributed by atoms with Crippen molar-refractivity contribution in [3.63, 3.8) is 0 Å². The Bertz CT molecular complexity index is 404. The monoisotopic (exact) mass is 292 g/mol. The Kier molecular flexibility index (Phi) is 8.71. The van der Waals surface area contributed by atoms with E-state index in [1.807, 2.05) is 24.3 Å². The minimum atomic E-state index is -0.868. The van der Waals surface area contributed by atoms with Crippen molar-refractivity contribution in [2.45, 2.75) is 57.9 Å². The summed E-state index contributed by atoms with van der Waals surface area (Å²) in [5.41, 5.74) is 7.45. The van der Waals surface area contributed by atoms with Crippen LogP contribution in [-0.4, -0.2) is 23.7 Å². The summed E-state index contributed by atoms with van der Waals surface area (Å²) in [7, 11) is 0. The molecule has 4 nitrogen and oxygen atoms in total. The lowest BCUT2D eigenvalue weighted by molar-refractivity contribution is -0.118. The number of amides is 1. The Labute approximate surface area is 127 Å². The van der Waals surface area contributed by atoms with Gasteiger partial charge in [-0.1, -0.05) is 51.2 Å². The molecule has 1 aromatic carbocycles. The fourth-order valence-electron chi connectivity index (χ4n) is 2.18. The summed E-state index contributed by atoms with van der Waals surface area (Å²) < 4.78 is 0.